The number of nitrogens with two attached hydrogens (primary N) is 1. The summed E-state index contributed by atoms with van der Waals surface area (Å²) in [5.74, 6) is -1.09. The Hall–Kier alpha value is -4.15. The van der Waals surface area contributed by atoms with E-state index in [2.05, 4.69) is 37.1 Å². The fraction of sp³-hybridized carbons (Fsp3) is 0.320. The van der Waals surface area contributed by atoms with Crippen LogP contribution in [0.4, 0.5) is 26.2 Å². The predicted octanol–water partition coefficient (Wildman–Crippen LogP) is 4.14. The third-order valence-corrected chi connectivity index (χ3v) is 6.44. The van der Waals surface area contributed by atoms with E-state index in [0.29, 0.717) is 11.6 Å². The van der Waals surface area contributed by atoms with Crippen molar-refractivity contribution in [2.24, 2.45) is 5.73 Å². The first kappa shape index (κ1) is 23.6. The molecule has 36 heavy (non-hydrogen) atoms. The average Bonchev–Trinajstić information content (AvgIpc) is 3.23. The second-order valence-corrected chi connectivity index (χ2v) is 8.85. The van der Waals surface area contributed by atoms with Crippen LogP contribution >= 0.6 is 0 Å². The SMILES string of the molecule is CCCc1cnc(N2CCC(n3cc(F)c4c(Nc5ccc(C(N)=O)cc5F)ncnc43)CC2)nc1. The summed E-state index contributed by atoms with van der Waals surface area (Å²) in [5, 5.41) is 3.00. The maximum atomic E-state index is 15.1. The van der Waals surface area contributed by atoms with Gasteiger partial charge in [0, 0.05) is 43.3 Å². The van der Waals surface area contributed by atoms with Crippen LogP contribution < -0.4 is 16.0 Å². The van der Waals surface area contributed by atoms with E-state index in [1.807, 2.05) is 17.0 Å². The Morgan fingerprint density at radius 1 is 1.11 bits per heavy atom. The number of amides is 1. The summed E-state index contributed by atoms with van der Waals surface area (Å²) in [6, 6.07) is 3.81. The van der Waals surface area contributed by atoms with E-state index in [1.165, 1.54) is 24.7 Å². The van der Waals surface area contributed by atoms with E-state index in [1.54, 1.807) is 0 Å². The minimum absolute atomic E-state index is 0.0296. The molecule has 3 aromatic heterocycles. The average molecular weight is 493 g/mol. The van der Waals surface area contributed by atoms with Crippen LogP contribution in [0.3, 0.4) is 0 Å². The summed E-state index contributed by atoms with van der Waals surface area (Å²) in [4.78, 5) is 30.9. The molecule has 1 amide bonds. The van der Waals surface area contributed by atoms with Gasteiger partial charge < -0.3 is 20.5 Å². The van der Waals surface area contributed by atoms with Crippen molar-refractivity contribution in [3.63, 3.8) is 0 Å². The van der Waals surface area contributed by atoms with Crippen LogP contribution in [-0.2, 0) is 6.42 Å². The van der Waals surface area contributed by atoms with Crippen LogP contribution in [0.1, 0.15) is 48.1 Å². The molecular formula is C25H26F2N8O. The smallest absolute Gasteiger partial charge is 0.248 e. The topological polar surface area (TPSA) is 115 Å². The predicted molar refractivity (Wildman–Crippen MR) is 132 cm³/mol. The molecule has 4 heterocycles. The van der Waals surface area contributed by atoms with Gasteiger partial charge in [-0.1, -0.05) is 13.3 Å². The van der Waals surface area contributed by atoms with Gasteiger partial charge >= 0.3 is 0 Å². The lowest BCUT2D eigenvalue weighted by Crippen LogP contribution is -2.35. The van der Waals surface area contributed by atoms with Crippen molar-refractivity contribution < 1.29 is 13.6 Å². The fourth-order valence-electron chi connectivity index (χ4n) is 4.58. The van der Waals surface area contributed by atoms with Crippen molar-refractivity contribution in [2.45, 2.75) is 38.6 Å². The van der Waals surface area contributed by atoms with Gasteiger partial charge in [-0.2, -0.15) is 0 Å². The van der Waals surface area contributed by atoms with Crippen molar-refractivity contribution in [1.82, 2.24) is 24.5 Å². The molecule has 1 fully saturated rings. The number of halogens is 2. The summed E-state index contributed by atoms with van der Waals surface area (Å²) in [6.45, 7) is 3.58. The van der Waals surface area contributed by atoms with Gasteiger partial charge in [-0.3, -0.25) is 4.79 Å². The van der Waals surface area contributed by atoms with Gasteiger partial charge in [-0.15, -0.1) is 0 Å². The molecular weight excluding hydrogens is 466 g/mol. The molecule has 0 saturated carbocycles. The molecule has 9 nitrogen and oxygen atoms in total. The second kappa shape index (κ2) is 9.84. The number of benzene rings is 1. The standard InChI is InChI=1S/C25H26F2N8O/c1-2-3-15-11-29-25(30-12-15)34-8-6-17(7-9-34)35-13-19(27)21-23(31-14-32-24(21)35)33-20-5-4-16(22(28)36)10-18(20)26/h4-5,10-14,17H,2-3,6-9H2,1H3,(H2,28,36)(H,31,32,33). The van der Waals surface area contributed by atoms with Crippen LogP contribution in [0.2, 0.25) is 0 Å². The number of aromatic nitrogens is 5. The number of fused-ring (bicyclic) bond motifs is 1. The minimum Gasteiger partial charge on any atom is -0.366 e. The van der Waals surface area contributed by atoms with Gasteiger partial charge in [0.15, 0.2) is 5.82 Å². The number of hydrogen-bond donors (Lipinski definition) is 2. The Balaban J connectivity index is 1.35. The maximum Gasteiger partial charge on any atom is 0.248 e. The van der Waals surface area contributed by atoms with Gasteiger partial charge in [0.05, 0.1) is 11.1 Å². The molecule has 1 aliphatic rings. The molecule has 11 heteroatoms. The number of aryl methyl sites for hydroxylation is 1. The quantitative estimate of drug-likeness (QED) is 0.399. The van der Waals surface area contributed by atoms with Crippen molar-refractivity contribution in [3.05, 3.63) is 65.9 Å². The lowest BCUT2D eigenvalue weighted by molar-refractivity contribution is 0.1000. The van der Waals surface area contributed by atoms with E-state index in [0.717, 1.165) is 50.4 Å². The molecule has 1 saturated heterocycles. The highest BCUT2D eigenvalue weighted by atomic mass is 19.1. The monoisotopic (exact) mass is 492 g/mol. The summed E-state index contributed by atoms with van der Waals surface area (Å²) < 4.78 is 31.4. The number of carbonyl (C=O) groups excluding carboxylic acids is 1. The fourth-order valence-corrected chi connectivity index (χ4v) is 4.58. The number of piperidine rings is 1. The molecule has 0 aliphatic carbocycles. The van der Waals surface area contributed by atoms with Crippen molar-refractivity contribution in [2.75, 3.05) is 23.3 Å². The van der Waals surface area contributed by atoms with Gasteiger partial charge in [0.2, 0.25) is 11.9 Å². The number of nitrogens with zero attached hydrogens (tertiary/aromatic N) is 6. The highest BCUT2D eigenvalue weighted by molar-refractivity contribution is 5.94. The van der Waals surface area contributed by atoms with E-state index in [-0.39, 0.29) is 28.5 Å². The van der Waals surface area contributed by atoms with Crippen LogP contribution in [0.5, 0.6) is 0 Å². The number of hydrogen-bond acceptors (Lipinski definition) is 7. The lowest BCUT2D eigenvalue weighted by atomic mass is 10.1. The first-order chi connectivity index (χ1) is 17.4. The van der Waals surface area contributed by atoms with Crippen LogP contribution in [0.15, 0.2) is 43.1 Å². The van der Waals surface area contributed by atoms with E-state index in [9.17, 15) is 9.18 Å². The van der Waals surface area contributed by atoms with Gasteiger partial charge in [-0.25, -0.2) is 28.7 Å². The Bertz CT molecular complexity index is 1400. The zero-order chi connectivity index (χ0) is 25.2. The Kier molecular flexibility index (Phi) is 6.45. The molecule has 0 spiro atoms. The summed E-state index contributed by atoms with van der Waals surface area (Å²) in [6.07, 6.45) is 10.0. The van der Waals surface area contributed by atoms with Crippen LogP contribution in [0.25, 0.3) is 11.0 Å². The molecule has 4 aromatic rings. The summed E-state index contributed by atoms with van der Waals surface area (Å²) in [5.41, 5.74) is 6.84. The number of primary amides is 1. The van der Waals surface area contributed by atoms with Crippen molar-refractivity contribution >= 4 is 34.4 Å². The third kappa shape index (κ3) is 4.56. The molecule has 1 aliphatic heterocycles. The highest BCUT2D eigenvalue weighted by Crippen LogP contribution is 2.33. The molecule has 0 atom stereocenters. The summed E-state index contributed by atoms with van der Waals surface area (Å²) >= 11 is 0. The minimum atomic E-state index is -0.737. The molecule has 0 radical (unpaired) electrons. The first-order valence-corrected chi connectivity index (χ1v) is 11.9. The normalized spacial score (nSPS) is 14.4. The second-order valence-electron chi connectivity index (χ2n) is 8.85. The van der Waals surface area contributed by atoms with Crippen molar-refractivity contribution in [3.8, 4) is 0 Å². The van der Waals surface area contributed by atoms with Gasteiger partial charge in [0.25, 0.3) is 0 Å². The van der Waals surface area contributed by atoms with Crippen LogP contribution in [-0.4, -0.2) is 43.5 Å². The van der Waals surface area contributed by atoms with Crippen molar-refractivity contribution in [1.29, 1.82) is 0 Å². The molecule has 0 bridgehead atoms. The highest BCUT2D eigenvalue weighted by Gasteiger charge is 2.26. The van der Waals surface area contributed by atoms with E-state index >= 15 is 4.39 Å². The number of carbonyl (C=O) groups is 1. The zero-order valence-corrected chi connectivity index (χ0v) is 19.8. The number of nitrogens with one attached hydrogen (secondary N) is 1. The Morgan fingerprint density at radius 2 is 1.86 bits per heavy atom. The largest absolute Gasteiger partial charge is 0.366 e. The first-order valence-electron chi connectivity index (χ1n) is 11.9. The number of rotatable bonds is 7. The van der Waals surface area contributed by atoms with Crippen LogP contribution in [0, 0.1) is 11.6 Å². The van der Waals surface area contributed by atoms with E-state index < -0.39 is 17.5 Å². The molecule has 3 N–H and O–H groups in total. The third-order valence-electron chi connectivity index (χ3n) is 6.44. The lowest BCUT2D eigenvalue weighted by Gasteiger charge is -2.32. The zero-order valence-electron chi connectivity index (χ0n) is 19.8. The molecule has 1 aromatic carbocycles. The Morgan fingerprint density at radius 3 is 2.53 bits per heavy atom. The maximum absolute atomic E-state index is 15.1. The molecule has 186 valence electrons. The van der Waals surface area contributed by atoms with Gasteiger partial charge in [-0.05, 0) is 43.0 Å². The Labute approximate surface area is 206 Å². The summed E-state index contributed by atoms with van der Waals surface area (Å²) in [7, 11) is 0. The molecule has 0 unspecified atom stereocenters. The number of anilines is 3. The van der Waals surface area contributed by atoms with Gasteiger partial charge in [0.1, 0.15) is 23.6 Å². The molecule has 5 rings (SSSR count). The van der Waals surface area contributed by atoms with E-state index in [4.69, 9.17) is 5.73 Å².